The number of halogens is 1. The van der Waals surface area contributed by atoms with E-state index in [0.717, 1.165) is 25.9 Å². The summed E-state index contributed by atoms with van der Waals surface area (Å²) in [6.07, 6.45) is 2.24. The molecule has 2 atom stereocenters. The molecule has 0 saturated carbocycles. The van der Waals surface area contributed by atoms with Gasteiger partial charge in [-0.1, -0.05) is 0 Å². The summed E-state index contributed by atoms with van der Waals surface area (Å²) < 4.78 is 24.9. The lowest BCUT2D eigenvalue weighted by molar-refractivity contribution is 0.0211. The number of ether oxygens (including phenoxy) is 1. The second-order valence-corrected chi connectivity index (χ2v) is 7.12. The lowest BCUT2D eigenvalue weighted by Gasteiger charge is -2.49. The predicted octanol–water partition coefficient (Wildman–Crippen LogP) is 3.31. The topological polar surface area (TPSA) is 54.7 Å². The highest BCUT2D eigenvalue weighted by molar-refractivity contribution is 5.92. The lowest BCUT2D eigenvalue weighted by atomic mass is 9.79. The number of fused-ring (bicyclic) bond motifs is 3. The Morgan fingerprint density at radius 2 is 2.04 bits per heavy atom. The van der Waals surface area contributed by atoms with Crippen LogP contribution in [0.1, 0.15) is 30.3 Å². The molecule has 138 valence electrons. The van der Waals surface area contributed by atoms with Crippen molar-refractivity contribution < 1.29 is 18.3 Å². The monoisotopic (exact) mass is 358 g/mol. The Hall–Kier alpha value is -2.34. The van der Waals surface area contributed by atoms with Crippen LogP contribution in [0.5, 0.6) is 5.75 Å². The van der Waals surface area contributed by atoms with Gasteiger partial charge in [0.1, 0.15) is 17.3 Å². The minimum absolute atomic E-state index is 0.135. The Balaban J connectivity index is 1.50. The lowest BCUT2D eigenvalue weighted by Crippen LogP contribution is -2.62. The van der Waals surface area contributed by atoms with Crippen LogP contribution < -0.4 is 10.1 Å². The average molecular weight is 358 g/mol. The SMILES string of the molecule is COc1ccc(-c2ccc(C(=O)N[C@@H]3C4CCN(CC4)[C@@H]3C)o2)c(F)c1. The van der Waals surface area contributed by atoms with E-state index in [9.17, 15) is 9.18 Å². The number of piperidine rings is 3. The molecule has 2 bridgehead atoms. The maximum Gasteiger partial charge on any atom is 0.287 e. The highest BCUT2D eigenvalue weighted by Crippen LogP contribution is 2.33. The highest BCUT2D eigenvalue weighted by atomic mass is 19.1. The van der Waals surface area contributed by atoms with Gasteiger partial charge in [0.05, 0.1) is 12.7 Å². The largest absolute Gasteiger partial charge is 0.497 e. The summed E-state index contributed by atoms with van der Waals surface area (Å²) in [6, 6.07) is 8.24. The van der Waals surface area contributed by atoms with Crippen molar-refractivity contribution in [1.82, 2.24) is 10.2 Å². The molecule has 1 amide bonds. The van der Waals surface area contributed by atoms with Crippen molar-refractivity contribution in [1.29, 1.82) is 0 Å². The standard InChI is InChI=1S/C20H23FN2O3/c1-12-19(13-7-9-23(12)10-8-13)22-20(24)18-6-5-17(26-18)15-4-3-14(25-2)11-16(15)21/h3-6,11-13,19H,7-10H2,1-2H3,(H,22,24)/t12-,19+/m1/s1. The number of nitrogens with zero attached hydrogens (tertiary/aromatic N) is 1. The number of benzene rings is 1. The number of hydrogen-bond acceptors (Lipinski definition) is 4. The summed E-state index contributed by atoms with van der Waals surface area (Å²) in [5.41, 5.74) is 0.307. The van der Waals surface area contributed by atoms with Gasteiger partial charge in [-0.3, -0.25) is 9.69 Å². The van der Waals surface area contributed by atoms with E-state index in [4.69, 9.17) is 9.15 Å². The third-order valence-electron chi connectivity index (χ3n) is 5.75. The van der Waals surface area contributed by atoms with Gasteiger partial charge in [0.25, 0.3) is 5.91 Å². The second kappa shape index (κ2) is 6.76. The molecule has 3 aliphatic rings. The number of furan rings is 1. The molecule has 0 unspecified atom stereocenters. The number of methoxy groups -OCH3 is 1. The second-order valence-electron chi connectivity index (χ2n) is 7.12. The van der Waals surface area contributed by atoms with E-state index >= 15 is 0 Å². The van der Waals surface area contributed by atoms with E-state index in [1.807, 2.05) is 0 Å². The number of rotatable bonds is 4. The summed E-state index contributed by atoms with van der Waals surface area (Å²) in [7, 11) is 1.49. The van der Waals surface area contributed by atoms with E-state index in [0.29, 0.717) is 29.0 Å². The van der Waals surface area contributed by atoms with Crippen LogP contribution in [0, 0.1) is 11.7 Å². The fourth-order valence-corrected chi connectivity index (χ4v) is 4.20. The van der Waals surface area contributed by atoms with Crippen LogP contribution >= 0.6 is 0 Å². The number of carbonyl (C=O) groups is 1. The van der Waals surface area contributed by atoms with E-state index in [2.05, 4.69) is 17.1 Å². The molecule has 1 N–H and O–H groups in total. The fourth-order valence-electron chi connectivity index (χ4n) is 4.20. The van der Waals surface area contributed by atoms with Gasteiger partial charge in [0.2, 0.25) is 0 Å². The zero-order chi connectivity index (χ0) is 18.3. The summed E-state index contributed by atoms with van der Waals surface area (Å²) in [6.45, 7) is 4.39. The van der Waals surface area contributed by atoms with E-state index in [1.165, 1.54) is 13.2 Å². The first-order chi connectivity index (χ1) is 12.6. The fraction of sp³-hybridized carbons (Fsp3) is 0.450. The molecule has 1 aromatic heterocycles. The predicted molar refractivity (Wildman–Crippen MR) is 95.7 cm³/mol. The van der Waals surface area contributed by atoms with Gasteiger partial charge < -0.3 is 14.5 Å². The number of hydrogen-bond donors (Lipinski definition) is 1. The van der Waals surface area contributed by atoms with Crippen LogP contribution in [-0.2, 0) is 0 Å². The molecule has 3 fully saturated rings. The summed E-state index contributed by atoms with van der Waals surface area (Å²) in [5, 5.41) is 3.13. The average Bonchev–Trinajstić information content (AvgIpc) is 3.14. The molecule has 2 aromatic rings. The Bertz CT molecular complexity index is 809. The molecule has 0 aliphatic carbocycles. The van der Waals surface area contributed by atoms with Crippen molar-refractivity contribution in [2.75, 3.05) is 20.2 Å². The van der Waals surface area contributed by atoms with Gasteiger partial charge in [-0.25, -0.2) is 4.39 Å². The third kappa shape index (κ3) is 2.98. The van der Waals surface area contributed by atoms with Crippen molar-refractivity contribution in [3.05, 3.63) is 41.9 Å². The molecular weight excluding hydrogens is 335 g/mol. The smallest absolute Gasteiger partial charge is 0.287 e. The van der Waals surface area contributed by atoms with Crippen molar-refractivity contribution in [2.24, 2.45) is 5.92 Å². The van der Waals surface area contributed by atoms with Crippen molar-refractivity contribution in [3.63, 3.8) is 0 Å². The van der Waals surface area contributed by atoms with Crippen molar-refractivity contribution in [2.45, 2.75) is 31.8 Å². The Kier molecular flexibility index (Phi) is 4.44. The Labute approximate surface area is 152 Å². The Morgan fingerprint density at radius 1 is 1.27 bits per heavy atom. The molecule has 0 spiro atoms. The van der Waals surface area contributed by atoms with Gasteiger partial charge in [-0.15, -0.1) is 0 Å². The van der Waals surface area contributed by atoms with E-state index in [-0.39, 0.29) is 17.7 Å². The van der Waals surface area contributed by atoms with Crippen LogP contribution in [-0.4, -0.2) is 43.1 Å². The molecule has 5 nitrogen and oxygen atoms in total. The molecule has 3 saturated heterocycles. The van der Waals surface area contributed by atoms with Crippen molar-refractivity contribution in [3.8, 4) is 17.1 Å². The van der Waals surface area contributed by atoms with E-state index < -0.39 is 5.82 Å². The van der Waals surface area contributed by atoms with Gasteiger partial charge >= 0.3 is 0 Å². The van der Waals surface area contributed by atoms with Crippen LogP contribution in [0.2, 0.25) is 0 Å². The zero-order valence-corrected chi connectivity index (χ0v) is 15.0. The molecule has 6 heteroatoms. The van der Waals surface area contributed by atoms with Gasteiger partial charge in [0.15, 0.2) is 5.76 Å². The minimum Gasteiger partial charge on any atom is -0.497 e. The van der Waals surface area contributed by atoms with Crippen LogP contribution in [0.25, 0.3) is 11.3 Å². The minimum atomic E-state index is -0.448. The summed E-state index contributed by atoms with van der Waals surface area (Å²) in [5.74, 6) is 0.808. The van der Waals surface area contributed by atoms with Crippen LogP contribution in [0.15, 0.2) is 34.7 Å². The third-order valence-corrected chi connectivity index (χ3v) is 5.75. The molecule has 5 rings (SSSR count). The zero-order valence-electron chi connectivity index (χ0n) is 15.0. The Morgan fingerprint density at radius 3 is 2.69 bits per heavy atom. The summed E-state index contributed by atoms with van der Waals surface area (Å²) in [4.78, 5) is 15.0. The van der Waals surface area contributed by atoms with Crippen molar-refractivity contribution >= 4 is 5.91 Å². The number of amides is 1. The first-order valence-corrected chi connectivity index (χ1v) is 9.05. The summed E-state index contributed by atoms with van der Waals surface area (Å²) >= 11 is 0. The maximum atomic E-state index is 14.2. The van der Waals surface area contributed by atoms with Gasteiger partial charge in [-0.2, -0.15) is 0 Å². The maximum absolute atomic E-state index is 14.2. The van der Waals surface area contributed by atoms with Gasteiger partial charge in [-0.05, 0) is 63.0 Å². The molecule has 0 radical (unpaired) electrons. The number of carbonyl (C=O) groups excluding carboxylic acids is 1. The highest BCUT2D eigenvalue weighted by Gasteiger charge is 2.40. The first-order valence-electron chi connectivity index (χ1n) is 9.05. The molecule has 4 heterocycles. The first kappa shape index (κ1) is 17.1. The number of nitrogens with one attached hydrogen (secondary N) is 1. The molecule has 3 aliphatic heterocycles. The van der Waals surface area contributed by atoms with E-state index in [1.54, 1.807) is 24.3 Å². The molecular formula is C20H23FN2O3. The normalized spacial score (nSPS) is 27.3. The quantitative estimate of drug-likeness (QED) is 0.911. The molecule has 26 heavy (non-hydrogen) atoms. The van der Waals surface area contributed by atoms with Gasteiger partial charge in [0, 0.05) is 18.2 Å². The molecule has 1 aromatic carbocycles. The van der Waals surface area contributed by atoms with Crippen LogP contribution in [0.4, 0.5) is 4.39 Å². The van der Waals surface area contributed by atoms with Crippen LogP contribution in [0.3, 0.4) is 0 Å².